The van der Waals surface area contributed by atoms with E-state index in [9.17, 15) is 66.4 Å². The molecule has 33 heteroatoms. The normalized spacial score (nSPS) is 18.9. The Morgan fingerprint density at radius 3 is 2.24 bits per heavy atom. The molecule has 1 aliphatic heterocycles. The number of amides is 2. The van der Waals surface area contributed by atoms with Crippen molar-refractivity contribution in [3.8, 4) is 0 Å². The lowest BCUT2D eigenvalue weighted by Crippen LogP contribution is -2.48. The molecule has 0 radical (unpaired) electrons. The molecular weight excluding hydrogens is 1090 g/mol. The largest absolute Gasteiger partial charge is 0.472 e. The Morgan fingerprint density at radius 2 is 1.59 bits per heavy atom. The molecule has 1 saturated heterocycles. The van der Waals surface area contributed by atoms with Gasteiger partial charge in [0.05, 0.1) is 26.0 Å². The van der Waals surface area contributed by atoms with Crippen LogP contribution in [0.4, 0.5) is 35.3 Å². The molecule has 0 saturated carbocycles. The Morgan fingerprint density at radius 1 is 0.910 bits per heavy atom. The molecule has 6 aromatic rings. The van der Waals surface area contributed by atoms with Gasteiger partial charge in [0, 0.05) is 31.0 Å². The zero-order valence-electron chi connectivity index (χ0n) is 40.4. The van der Waals surface area contributed by atoms with E-state index in [1.165, 1.54) is 60.7 Å². The summed E-state index contributed by atoms with van der Waals surface area (Å²) in [6.45, 7) is -2.84. The maximum atomic E-state index is 14.4. The lowest BCUT2D eigenvalue weighted by atomic mass is 10.0. The van der Waals surface area contributed by atoms with Gasteiger partial charge in [-0.1, -0.05) is 48.5 Å². The van der Waals surface area contributed by atoms with Crippen LogP contribution < -0.4 is 27.8 Å². The number of benzene rings is 3. The molecule has 4 heterocycles. The van der Waals surface area contributed by atoms with Crippen molar-refractivity contribution >= 4 is 62.1 Å². The number of aliphatic hydroxyl groups excluding tert-OH is 2. The van der Waals surface area contributed by atoms with Crippen LogP contribution in [0.5, 0.6) is 0 Å². The number of alkyl carbamates (subject to hydrolysis) is 1. The summed E-state index contributed by atoms with van der Waals surface area (Å²) in [5.41, 5.74) is 11.5. The number of phosphoric acid groups is 2. The van der Waals surface area contributed by atoms with Gasteiger partial charge in [-0.3, -0.25) is 27.5 Å². The van der Waals surface area contributed by atoms with Crippen LogP contribution in [0.3, 0.4) is 0 Å². The second-order valence-corrected chi connectivity index (χ2v) is 19.6. The number of carbonyl (C=O) groups is 3. The van der Waals surface area contributed by atoms with Gasteiger partial charge in [-0.15, -0.1) is 0 Å². The maximum Gasteiger partial charge on any atom is 0.472 e. The SMILES string of the molecule is CO[C@H]([C@H](O)C(COP(=O)(O)OC1[C@@H](O)[C@H](n2ccc(N)nc2=O)O[C@@H]1COP(=O)(O)O)OC(=O)[C@H](Cc1ccc(C(F)F)cc1)NC(=O)OCc1ccc(NC(=O)Cc2ccc(F)cc2)cc1)n1cnc2c(N)ncnc21. The molecule has 28 nitrogen and oxygen atoms in total. The number of anilines is 3. The number of hydrogen-bond acceptors (Lipinski definition) is 21. The highest BCUT2D eigenvalue weighted by Crippen LogP contribution is 2.49. The van der Waals surface area contributed by atoms with Crippen molar-refractivity contribution < 1.29 is 94.1 Å². The number of rotatable bonds is 24. The molecule has 1 fully saturated rings. The molecule has 11 N–H and O–H groups in total. The van der Waals surface area contributed by atoms with Gasteiger partial charge < -0.3 is 65.9 Å². The average Bonchev–Trinajstić information content (AvgIpc) is 4.00. The summed E-state index contributed by atoms with van der Waals surface area (Å²) in [6, 6.07) is 15.3. The highest BCUT2D eigenvalue weighted by molar-refractivity contribution is 7.47. The highest BCUT2D eigenvalue weighted by atomic mass is 31.2. The second-order valence-electron chi connectivity index (χ2n) is 17.0. The van der Waals surface area contributed by atoms with Gasteiger partial charge in [0.15, 0.2) is 30.0 Å². The number of nitrogens with one attached hydrogen (secondary N) is 2. The monoisotopic (exact) mass is 1140 g/mol. The molecule has 78 heavy (non-hydrogen) atoms. The van der Waals surface area contributed by atoms with Crippen LogP contribution >= 0.6 is 15.6 Å². The Hall–Kier alpha value is -7.25. The number of phosphoric ester groups is 2. The topological polar surface area (TPSA) is 406 Å². The second kappa shape index (κ2) is 25.5. The highest BCUT2D eigenvalue weighted by Gasteiger charge is 2.50. The summed E-state index contributed by atoms with van der Waals surface area (Å²) in [5, 5.41) is 28.3. The third-order valence-electron chi connectivity index (χ3n) is 11.5. The van der Waals surface area contributed by atoms with Crippen LogP contribution in [-0.4, -0.2) is 129 Å². The summed E-state index contributed by atoms with van der Waals surface area (Å²) in [5.74, 6) is -2.60. The van der Waals surface area contributed by atoms with E-state index in [4.69, 9.17) is 39.5 Å². The number of fused-ring (bicyclic) bond motifs is 1. The number of methoxy groups -OCH3 is 1. The van der Waals surface area contributed by atoms with E-state index in [0.29, 0.717) is 21.4 Å². The predicted molar refractivity (Wildman–Crippen MR) is 261 cm³/mol. The van der Waals surface area contributed by atoms with Crippen LogP contribution in [0, 0.1) is 5.82 Å². The number of imidazole rings is 1. The van der Waals surface area contributed by atoms with Crippen molar-refractivity contribution in [3.63, 3.8) is 0 Å². The fourth-order valence-corrected chi connectivity index (χ4v) is 8.99. The standard InChI is InChI=1S/C45H49F3N10O18P2/c1-70-41(58-22-53-34-39(50)51-21-52-40(34)58)35(60)30(19-73-78(68,69)76-37-31(20-72-77(65,66)67)74-42(36(37)61)57-15-14-32(49)56-44(57)63)75-43(62)29(16-23-2-8-26(9-3-23)38(47)48)55-45(64)71-18-25-6-12-28(13-7-25)54-33(59)17-24-4-10-27(46)11-5-24/h2-15,21-22,29-31,35-38,41-42,60-61H,16-20H2,1H3,(H,54,59)(H,55,64)(H,68,69)(H2,49,56,63)(H2,50,51,52)(H2,65,66,67)/t29-,30?,31+,35+,36+,37?,41+,42+/m0/s1. The van der Waals surface area contributed by atoms with Crippen LogP contribution in [0.25, 0.3) is 11.2 Å². The van der Waals surface area contributed by atoms with E-state index in [-0.39, 0.29) is 40.3 Å². The van der Waals surface area contributed by atoms with Crippen molar-refractivity contribution in [1.29, 1.82) is 0 Å². The summed E-state index contributed by atoms with van der Waals surface area (Å²) < 4.78 is 105. The van der Waals surface area contributed by atoms with E-state index in [1.54, 1.807) is 0 Å². The Kier molecular flexibility index (Phi) is 19.1. The van der Waals surface area contributed by atoms with E-state index in [0.717, 1.165) is 48.7 Å². The van der Waals surface area contributed by atoms with Crippen LogP contribution in [0.1, 0.15) is 41.1 Å². The minimum absolute atomic E-state index is 0.0246. The zero-order valence-corrected chi connectivity index (χ0v) is 42.2. The first-order chi connectivity index (χ1) is 37.0. The van der Waals surface area contributed by atoms with E-state index in [2.05, 4.69) is 35.1 Å². The summed E-state index contributed by atoms with van der Waals surface area (Å²) >= 11 is 0. The number of nitrogen functional groups attached to an aromatic ring is 2. The van der Waals surface area contributed by atoms with E-state index < -0.39 is 127 Å². The molecule has 0 aliphatic carbocycles. The molecular formula is C45H49F3N10O18P2. The summed E-state index contributed by atoms with van der Waals surface area (Å²) in [6.07, 6.45) is -15.3. The minimum atomic E-state index is -5.67. The first kappa shape index (κ1) is 58.4. The van der Waals surface area contributed by atoms with Gasteiger partial charge >= 0.3 is 33.4 Å². The van der Waals surface area contributed by atoms with Crippen molar-refractivity contribution in [2.24, 2.45) is 0 Å². The van der Waals surface area contributed by atoms with Gasteiger partial charge in [-0.25, -0.2) is 51.6 Å². The number of aliphatic hydroxyl groups is 2. The number of ether oxygens (including phenoxy) is 4. The fraction of sp³-hybridized carbons (Fsp3) is 0.333. The molecule has 1 aliphatic rings. The zero-order chi connectivity index (χ0) is 56.5. The molecule has 2 amide bonds. The third-order valence-corrected chi connectivity index (χ3v) is 12.9. The number of alkyl halides is 2. The lowest BCUT2D eigenvalue weighted by Gasteiger charge is -2.31. The Balaban J connectivity index is 1.12. The smallest absolute Gasteiger partial charge is 0.455 e. The quantitative estimate of drug-likeness (QED) is 0.0310. The lowest BCUT2D eigenvalue weighted by molar-refractivity contribution is -0.173. The van der Waals surface area contributed by atoms with Crippen LogP contribution in [0.2, 0.25) is 0 Å². The van der Waals surface area contributed by atoms with E-state index >= 15 is 0 Å². The summed E-state index contributed by atoms with van der Waals surface area (Å²) in [7, 11) is -9.86. The molecule has 418 valence electrons. The number of nitrogens with two attached hydrogens (primary N) is 2. The van der Waals surface area contributed by atoms with Crippen molar-refractivity contribution in [1.82, 2.24) is 34.4 Å². The average molecular weight is 1140 g/mol. The van der Waals surface area contributed by atoms with Gasteiger partial charge in [0.2, 0.25) is 5.91 Å². The van der Waals surface area contributed by atoms with Gasteiger partial charge in [0.1, 0.15) is 60.5 Å². The molecule has 7 rings (SSSR count). The minimum Gasteiger partial charge on any atom is -0.455 e. The molecule has 3 aromatic carbocycles. The molecule has 3 unspecified atom stereocenters. The van der Waals surface area contributed by atoms with Crippen molar-refractivity contribution in [2.75, 3.05) is 37.1 Å². The Bertz CT molecular complexity index is 3210. The van der Waals surface area contributed by atoms with Gasteiger partial charge in [-0.05, 0) is 47.0 Å². The fourth-order valence-electron chi connectivity index (χ4n) is 7.68. The molecule has 0 bridgehead atoms. The molecule has 3 aromatic heterocycles. The first-order valence-corrected chi connectivity index (χ1v) is 25.8. The van der Waals surface area contributed by atoms with Gasteiger partial charge in [-0.2, -0.15) is 4.98 Å². The van der Waals surface area contributed by atoms with Gasteiger partial charge in [0.25, 0.3) is 6.43 Å². The molecule has 0 spiro atoms. The van der Waals surface area contributed by atoms with Crippen molar-refractivity contribution in [2.45, 2.75) is 74.9 Å². The summed E-state index contributed by atoms with van der Waals surface area (Å²) in [4.78, 5) is 98.6. The number of nitrogens with zero attached hydrogens (tertiary/aromatic N) is 6. The number of esters is 1. The third kappa shape index (κ3) is 15.5. The maximum absolute atomic E-state index is 14.4. The molecule has 9 atom stereocenters. The number of halogens is 3. The van der Waals surface area contributed by atoms with Crippen molar-refractivity contribution in [3.05, 3.63) is 136 Å². The van der Waals surface area contributed by atoms with E-state index in [1.807, 2.05) is 0 Å². The predicted octanol–water partition coefficient (Wildman–Crippen LogP) is 2.33. The van der Waals surface area contributed by atoms with Crippen LogP contribution in [0.15, 0.2) is 103 Å². The Labute approximate surface area is 437 Å². The number of hydrogen-bond donors (Lipinski definition) is 9. The number of aromatic nitrogens is 6. The number of carbonyl (C=O) groups excluding carboxylic acids is 3. The first-order valence-electron chi connectivity index (χ1n) is 22.8. The van der Waals surface area contributed by atoms with Crippen LogP contribution in [-0.2, 0) is 70.7 Å².